The highest BCUT2D eigenvalue weighted by atomic mass is 35.5. The van der Waals surface area contributed by atoms with Crippen LogP contribution >= 0.6 is 23.4 Å². The van der Waals surface area contributed by atoms with E-state index < -0.39 is 6.10 Å². The van der Waals surface area contributed by atoms with Crippen molar-refractivity contribution in [2.24, 2.45) is 0 Å². The predicted molar refractivity (Wildman–Crippen MR) is 77.3 cm³/mol. The minimum Gasteiger partial charge on any atom is -0.388 e. The summed E-state index contributed by atoms with van der Waals surface area (Å²) >= 11 is 7.61. The lowest BCUT2D eigenvalue weighted by molar-refractivity contribution is 0.171. The van der Waals surface area contributed by atoms with Crippen LogP contribution in [0.4, 0.5) is 0 Å². The Morgan fingerprint density at radius 1 is 1.17 bits per heavy atom. The number of hydrogen-bond acceptors (Lipinski definition) is 2. The van der Waals surface area contributed by atoms with Gasteiger partial charge in [-0.25, -0.2) is 0 Å². The Balaban J connectivity index is 2.29. The number of hydrogen-bond donors (Lipinski definition) is 1. The van der Waals surface area contributed by atoms with Gasteiger partial charge < -0.3 is 5.11 Å². The molecule has 1 nitrogen and oxygen atoms in total. The minimum atomic E-state index is -0.409. The molecule has 0 fully saturated rings. The molecule has 1 N–H and O–H groups in total. The molecule has 0 spiro atoms. The first kappa shape index (κ1) is 13.5. The van der Waals surface area contributed by atoms with Crippen molar-refractivity contribution in [3.8, 4) is 0 Å². The Morgan fingerprint density at radius 2 is 1.94 bits per heavy atom. The van der Waals surface area contributed by atoms with Gasteiger partial charge in [0, 0.05) is 14.8 Å². The summed E-state index contributed by atoms with van der Waals surface area (Å²) in [6.07, 6.45) is 0.306. The highest BCUT2D eigenvalue weighted by Crippen LogP contribution is 2.34. The van der Waals surface area contributed by atoms with Gasteiger partial charge in [0.15, 0.2) is 0 Å². The van der Waals surface area contributed by atoms with Crippen molar-refractivity contribution >= 4 is 23.4 Å². The molecular weight excluding hydrogens is 264 g/mol. The average molecular weight is 279 g/mol. The number of aliphatic hydroxyl groups excluding tert-OH is 1. The molecule has 0 bridgehead atoms. The van der Waals surface area contributed by atoms with E-state index in [0.717, 1.165) is 20.4 Å². The van der Waals surface area contributed by atoms with Crippen molar-refractivity contribution < 1.29 is 5.11 Å². The largest absolute Gasteiger partial charge is 0.388 e. The van der Waals surface area contributed by atoms with Gasteiger partial charge in [-0.05, 0) is 36.2 Å². The summed E-state index contributed by atoms with van der Waals surface area (Å²) in [5, 5.41) is 10.7. The SMILES string of the molecule is CC[C@@H](O)c1ccccc1Sc1cccc(Cl)c1. The van der Waals surface area contributed by atoms with Crippen LogP contribution in [0.5, 0.6) is 0 Å². The van der Waals surface area contributed by atoms with Crippen LogP contribution in [0.15, 0.2) is 58.3 Å². The van der Waals surface area contributed by atoms with E-state index in [2.05, 4.69) is 0 Å². The second-order valence-corrected chi connectivity index (χ2v) is 5.57. The van der Waals surface area contributed by atoms with Crippen LogP contribution in [-0.2, 0) is 0 Å². The fraction of sp³-hybridized carbons (Fsp3) is 0.200. The predicted octanol–water partition coefficient (Wildman–Crippen LogP) is 4.93. The fourth-order valence-corrected chi connectivity index (χ4v) is 3.04. The maximum Gasteiger partial charge on any atom is 0.0798 e. The lowest BCUT2D eigenvalue weighted by Crippen LogP contribution is -1.96. The fourth-order valence-electron chi connectivity index (χ4n) is 1.73. The van der Waals surface area contributed by atoms with E-state index in [-0.39, 0.29) is 0 Å². The number of benzene rings is 2. The molecular formula is C15H15ClOS. The molecule has 0 aromatic heterocycles. The zero-order chi connectivity index (χ0) is 13.0. The molecule has 2 aromatic carbocycles. The quantitative estimate of drug-likeness (QED) is 0.855. The Hall–Kier alpha value is -0.960. The van der Waals surface area contributed by atoms with Crippen LogP contribution in [0.2, 0.25) is 5.02 Å². The summed E-state index contributed by atoms with van der Waals surface area (Å²) in [6, 6.07) is 15.7. The first-order chi connectivity index (χ1) is 8.70. The van der Waals surface area contributed by atoms with Gasteiger partial charge in [-0.2, -0.15) is 0 Å². The second-order valence-electron chi connectivity index (χ2n) is 4.02. The van der Waals surface area contributed by atoms with Crippen molar-refractivity contribution in [3.63, 3.8) is 0 Å². The molecule has 0 amide bonds. The lowest BCUT2D eigenvalue weighted by atomic mass is 10.1. The van der Waals surface area contributed by atoms with Gasteiger partial charge in [-0.3, -0.25) is 0 Å². The molecule has 94 valence electrons. The smallest absolute Gasteiger partial charge is 0.0798 e. The Bertz CT molecular complexity index is 527. The monoisotopic (exact) mass is 278 g/mol. The number of aliphatic hydroxyl groups is 1. The Kier molecular flexibility index (Phi) is 4.70. The van der Waals surface area contributed by atoms with Gasteiger partial charge in [0.25, 0.3) is 0 Å². The van der Waals surface area contributed by atoms with E-state index in [1.807, 2.05) is 55.5 Å². The van der Waals surface area contributed by atoms with E-state index in [9.17, 15) is 5.11 Å². The molecule has 2 rings (SSSR count). The van der Waals surface area contributed by atoms with Crippen LogP contribution in [0.1, 0.15) is 25.0 Å². The Morgan fingerprint density at radius 3 is 2.67 bits per heavy atom. The molecule has 0 saturated heterocycles. The summed E-state index contributed by atoms with van der Waals surface area (Å²) in [5.74, 6) is 0. The molecule has 0 heterocycles. The summed E-state index contributed by atoms with van der Waals surface area (Å²) in [4.78, 5) is 2.16. The molecule has 0 unspecified atom stereocenters. The first-order valence-corrected chi connectivity index (χ1v) is 7.10. The number of halogens is 1. The molecule has 1 atom stereocenters. The average Bonchev–Trinajstić information content (AvgIpc) is 2.38. The standard InChI is InChI=1S/C15H15ClOS/c1-2-14(17)13-8-3-4-9-15(13)18-12-7-5-6-11(16)10-12/h3-10,14,17H,2H2,1H3/t14-/m1/s1. The molecule has 3 heteroatoms. The van der Waals surface area contributed by atoms with Gasteiger partial charge in [0.2, 0.25) is 0 Å². The molecule has 0 aliphatic carbocycles. The van der Waals surface area contributed by atoms with Gasteiger partial charge in [-0.1, -0.05) is 54.6 Å². The topological polar surface area (TPSA) is 20.2 Å². The van der Waals surface area contributed by atoms with Gasteiger partial charge in [-0.15, -0.1) is 0 Å². The van der Waals surface area contributed by atoms with E-state index in [0.29, 0.717) is 6.42 Å². The van der Waals surface area contributed by atoms with Gasteiger partial charge in [0.05, 0.1) is 6.10 Å². The zero-order valence-corrected chi connectivity index (χ0v) is 11.7. The molecule has 0 aliphatic heterocycles. The molecule has 0 saturated carbocycles. The van der Waals surface area contributed by atoms with Crippen LogP contribution < -0.4 is 0 Å². The van der Waals surface area contributed by atoms with Crippen LogP contribution in [-0.4, -0.2) is 5.11 Å². The van der Waals surface area contributed by atoms with Crippen LogP contribution in [0, 0.1) is 0 Å². The molecule has 0 aliphatic rings. The summed E-state index contributed by atoms with van der Waals surface area (Å²) in [6.45, 7) is 1.98. The zero-order valence-electron chi connectivity index (χ0n) is 10.1. The van der Waals surface area contributed by atoms with E-state index >= 15 is 0 Å². The minimum absolute atomic E-state index is 0.409. The maximum absolute atomic E-state index is 10.0. The normalized spacial score (nSPS) is 12.4. The van der Waals surface area contributed by atoms with Gasteiger partial charge >= 0.3 is 0 Å². The molecule has 0 radical (unpaired) electrons. The molecule has 2 aromatic rings. The van der Waals surface area contributed by atoms with Crippen molar-refractivity contribution in [2.45, 2.75) is 29.2 Å². The summed E-state index contributed by atoms with van der Waals surface area (Å²) in [5.41, 5.74) is 0.977. The van der Waals surface area contributed by atoms with Crippen molar-refractivity contribution in [1.29, 1.82) is 0 Å². The van der Waals surface area contributed by atoms with E-state index in [1.54, 1.807) is 11.8 Å². The Labute approximate surface area is 117 Å². The summed E-state index contributed by atoms with van der Waals surface area (Å²) < 4.78 is 0. The van der Waals surface area contributed by atoms with Crippen molar-refractivity contribution in [1.82, 2.24) is 0 Å². The third-order valence-electron chi connectivity index (χ3n) is 2.69. The maximum atomic E-state index is 10.0. The molecule has 18 heavy (non-hydrogen) atoms. The van der Waals surface area contributed by atoms with Crippen molar-refractivity contribution in [3.05, 3.63) is 59.1 Å². The lowest BCUT2D eigenvalue weighted by Gasteiger charge is -2.13. The third kappa shape index (κ3) is 3.29. The van der Waals surface area contributed by atoms with Crippen molar-refractivity contribution in [2.75, 3.05) is 0 Å². The van der Waals surface area contributed by atoms with E-state index in [4.69, 9.17) is 11.6 Å². The third-order valence-corrected chi connectivity index (χ3v) is 4.01. The van der Waals surface area contributed by atoms with Gasteiger partial charge in [0.1, 0.15) is 0 Å². The van der Waals surface area contributed by atoms with Crippen LogP contribution in [0.25, 0.3) is 0 Å². The highest BCUT2D eigenvalue weighted by Gasteiger charge is 2.10. The summed E-state index contributed by atoms with van der Waals surface area (Å²) in [7, 11) is 0. The van der Waals surface area contributed by atoms with E-state index in [1.165, 1.54) is 0 Å². The second kappa shape index (κ2) is 6.28. The first-order valence-electron chi connectivity index (χ1n) is 5.91. The van der Waals surface area contributed by atoms with Crippen LogP contribution in [0.3, 0.4) is 0 Å². The number of rotatable bonds is 4. The highest BCUT2D eigenvalue weighted by molar-refractivity contribution is 7.99.